The number of rotatable bonds is 2. The zero-order valence-electron chi connectivity index (χ0n) is 8.70. The highest BCUT2D eigenvalue weighted by Gasteiger charge is 2.19. The predicted molar refractivity (Wildman–Crippen MR) is 65.6 cm³/mol. The van der Waals surface area contributed by atoms with E-state index in [9.17, 15) is 9.59 Å². The molecule has 0 spiro atoms. The summed E-state index contributed by atoms with van der Waals surface area (Å²) in [6.07, 6.45) is 1.80. The van der Waals surface area contributed by atoms with E-state index in [1.54, 1.807) is 6.26 Å². The van der Waals surface area contributed by atoms with Gasteiger partial charge in [-0.3, -0.25) is 4.79 Å². The van der Waals surface area contributed by atoms with Crippen molar-refractivity contribution >= 4 is 39.3 Å². The quantitative estimate of drug-likeness (QED) is 0.659. The first-order chi connectivity index (χ1) is 7.69. The second-order valence-corrected chi connectivity index (χ2v) is 4.75. The van der Waals surface area contributed by atoms with Crippen LogP contribution in [0.15, 0.2) is 21.3 Å². The van der Waals surface area contributed by atoms with Gasteiger partial charge in [-0.25, -0.2) is 4.79 Å². The van der Waals surface area contributed by atoms with Gasteiger partial charge >= 0.3 is 5.97 Å². The van der Waals surface area contributed by atoms with Gasteiger partial charge in [-0.1, -0.05) is 0 Å². The molecule has 2 aromatic rings. The third-order valence-corrected chi connectivity index (χ3v) is 3.80. The number of nitrogens with one attached hydrogen (secondary N) is 1. The Morgan fingerprint density at radius 1 is 1.56 bits per heavy atom. The van der Waals surface area contributed by atoms with Crippen LogP contribution in [0.5, 0.6) is 0 Å². The lowest BCUT2D eigenvalue weighted by molar-refractivity contribution is 0.0594. The van der Waals surface area contributed by atoms with Crippen LogP contribution in [0.4, 0.5) is 0 Å². The summed E-state index contributed by atoms with van der Waals surface area (Å²) in [5.74, 6) is -0.596. The van der Waals surface area contributed by atoms with E-state index in [2.05, 4.69) is 9.72 Å². The van der Waals surface area contributed by atoms with Crippen LogP contribution >= 0.6 is 23.1 Å². The van der Waals surface area contributed by atoms with E-state index in [1.165, 1.54) is 30.2 Å². The molecule has 0 aromatic carbocycles. The summed E-state index contributed by atoms with van der Waals surface area (Å²) < 4.78 is 5.17. The Morgan fingerprint density at radius 3 is 2.94 bits per heavy atom. The van der Waals surface area contributed by atoms with E-state index < -0.39 is 5.97 Å². The Kier molecular flexibility index (Phi) is 3.02. The lowest BCUT2D eigenvalue weighted by Crippen LogP contribution is -2.18. The molecule has 0 fully saturated rings. The van der Waals surface area contributed by atoms with Gasteiger partial charge in [0.05, 0.1) is 22.4 Å². The first-order valence-electron chi connectivity index (χ1n) is 4.44. The Hall–Kier alpha value is -1.27. The number of aromatic nitrogens is 1. The van der Waals surface area contributed by atoms with Crippen LogP contribution in [-0.4, -0.2) is 24.3 Å². The maximum atomic E-state index is 12.0. The number of pyridine rings is 1. The number of thioether (sulfide) groups is 1. The highest BCUT2D eigenvalue weighted by Crippen LogP contribution is 2.22. The van der Waals surface area contributed by atoms with Crippen LogP contribution in [-0.2, 0) is 4.74 Å². The molecule has 0 amide bonds. The van der Waals surface area contributed by atoms with Gasteiger partial charge in [-0.2, -0.15) is 0 Å². The molecule has 0 atom stereocenters. The molecule has 4 nitrogen and oxygen atoms in total. The minimum absolute atomic E-state index is 0.0879. The van der Waals surface area contributed by atoms with Gasteiger partial charge in [-0.15, -0.1) is 23.1 Å². The Morgan fingerprint density at radius 2 is 2.31 bits per heavy atom. The Labute approximate surface area is 99.6 Å². The minimum atomic E-state index is -0.596. The molecule has 0 saturated heterocycles. The zero-order chi connectivity index (χ0) is 11.7. The lowest BCUT2D eigenvalue weighted by Gasteiger charge is -2.04. The monoisotopic (exact) mass is 255 g/mol. The molecule has 6 heteroatoms. The van der Waals surface area contributed by atoms with Crippen molar-refractivity contribution < 1.29 is 9.53 Å². The first-order valence-corrected chi connectivity index (χ1v) is 6.55. The third kappa shape index (κ3) is 1.64. The zero-order valence-corrected chi connectivity index (χ0v) is 10.3. The standard InChI is InChI=1S/C10H9NO3S2/c1-14-10(13)6-7(12)8-5(3-4-16-8)11-9(6)15-2/h3-4H,1-2H3,(H,11,12). The number of hydrogen-bond acceptors (Lipinski definition) is 5. The highest BCUT2D eigenvalue weighted by atomic mass is 32.2. The predicted octanol–water partition coefficient (Wildman–Crippen LogP) is 2.10. The average molecular weight is 255 g/mol. The molecule has 0 aliphatic heterocycles. The SMILES string of the molecule is COC(=O)c1c(SC)[nH]c2ccsc2c1=O. The fourth-order valence-electron chi connectivity index (χ4n) is 1.43. The van der Waals surface area contributed by atoms with E-state index in [1.807, 2.05) is 11.4 Å². The number of methoxy groups -OCH3 is 1. The van der Waals surface area contributed by atoms with Crippen molar-refractivity contribution in [3.63, 3.8) is 0 Å². The van der Waals surface area contributed by atoms with Gasteiger partial charge in [-0.05, 0) is 17.7 Å². The summed E-state index contributed by atoms with van der Waals surface area (Å²) in [6, 6.07) is 1.82. The summed E-state index contributed by atoms with van der Waals surface area (Å²) in [5, 5.41) is 2.36. The minimum Gasteiger partial charge on any atom is -0.465 e. The van der Waals surface area contributed by atoms with Gasteiger partial charge in [0.1, 0.15) is 5.56 Å². The summed E-state index contributed by atoms with van der Waals surface area (Å²) in [7, 11) is 1.27. The van der Waals surface area contributed by atoms with E-state index in [4.69, 9.17) is 0 Å². The number of thiophene rings is 1. The maximum absolute atomic E-state index is 12.0. The van der Waals surface area contributed by atoms with Crippen LogP contribution in [0.3, 0.4) is 0 Å². The number of aromatic amines is 1. The van der Waals surface area contributed by atoms with Crippen LogP contribution in [0.1, 0.15) is 10.4 Å². The number of esters is 1. The Balaban J connectivity index is 2.83. The molecular formula is C10H9NO3S2. The molecule has 0 bridgehead atoms. The maximum Gasteiger partial charge on any atom is 0.344 e. The second-order valence-electron chi connectivity index (χ2n) is 3.02. The van der Waals surface area contributed by atoms with Crippen LogP contribution < -0.4 is 5.43 Å². The average Bonchev–Trinajstić information content (AvgIpc) is 2.76. The van der Waals surface area contributed by atoms with Crippen LogP contribution in [0, 0.1) is 0 Å². The van der Waals surface area contributed by atoms with Crippen molar-refractivity contribution in [3.8, 4) is 0 Å². The fraction of sp³-hybridized carbons (Fsp3) is 0.200. The van der Waals surface area contributed by atoms with Crippen molar-refractivity contribution in [2.75, 3.05) is 13.4 Å². The molecule has 0 radical (unpaired) electrons. The highest BCUT2D eigenvalue weighted by molar-refractivity contribution is 7.98. The Bertz CT molecular complexity index is 600. The molecule has 2 aromatic heterocycles. The number of hydrogen-bond donors (Lipinski definition) is 1. The van der Waals surface area contributed by atoms with E-state index >= 15 is 0 Å². The molecule has 0 aliphatic carbocycles. The molecule has 2 rings (SSSR count). The second kappa shape index (κ2) is 4.31. The fourth-order valence-corrected chi connectivity index (χ4v) is 2.81. The summed E-state index contributed by atoms with van der Waals surface area (Å²) >= 11 is 2.63. The lowest BCUT2D eigenvalue weighted by atomic mass is 10.2. The number of fused-ring (bicyclic) bond motifs is 1. The first kappa shape index (κ1) is 11.2. The van der Waals surface area contributed by atoms with Crippen molar-refractivity contribution in [2.24, 2.45) is 0 Å². The van der Waals surface area contributed by atoms with Crippen LogP contribution in [0.2, 0.25) is 0 Å². The molecule has 84 valence electrons. The number of ether oxygens (including phenoxy) is 1. The topological polar surface area (TPSA) is 59.2 Å². The number of H-pyrrole nitrogens is 1. The molecule has 0 unspecified atom stereocenters. The van der Waals surface area contributed by atoms with Gasteiger partial charge in [0.2, 0.25) is 5.43 Å². The van der Waals surface area contributed by atoms with Gasteiger partial charge in [0.25, 0.3) is 0 Å². The van der Waals surface area contributed by atoms with E-state index in [0.717, 1.165) is 5.52 Å². The summed E-state index contributed by atoms with van der Waals surface area (Å²) in [4.78, 5) is 26.6. The largest absolute Gasteiger partial charge is 0.465 e. The van der Waals surface area contributed by atoms with Gasteiger partial charge in [0.15, 0.2) is 0 Å². The third-order valence-electron chi connectivity index (χ3n) is 2.17. The summed E-state index contributed by atoms with van der Waals surface area (Å²) in [6.45, 7) is 0. The van der Waals surface area contributed by atoms with E-state index in [-0.39, 0.29) is 11.0 Å². The molecule has 0 aliphatic rings. The van der Waals surface area contributed by atoms with Crippen molar-refractivity contribution in [1.82, 2.24) is 4.98 Å². The van der Waals surface area contributed by atoms with Crippen molar-refractivity contribution in [3.05, 3.63) is 27.2 Å². The molecule has 0 saturated carbocycles. The smallest absolute Gasteiger partial charge is 0.344 e. The van der Waals surface area contributed by atoms with Crippen LogP contribution in [0.25, 0.3) is 10.2 Å². The molecule has 2 heterocycles. The van der Waals surface area contributed by atoms with Gasteiger partial charge in [0, 0.05) is 0 Å². The molecular weight excluding hydrogens is 246 g/mol. The number of carbonyl (C=O) groups is 1. The van der Waals surface area contributed by atoms with Crippen molar-refractivity contribution in [1.29, 1.82) is 0 Å². The van der Waals surface area contributed by atoms with E-state index in [0.29, 0.717) is 9.73 Å². The van der Waals surface area contributed by atoms with Gasteiger partial charge < -0.3 is 9.72 Å². The molecule has 16 heavy (non-hydrogen) atoms. The molecule has 1 N–H and O–H groups in total. The van der Waals surface area contributed by atoms with Crippen molar-refractivity contribution in [2.45, 2.75) is 5.03 Å². The summed E-state index contributed by atoms with van der Waals surface area (Å²) in [5.41, 5.74) is 0.580. The normalized spacial score (nSPS) is 10.6. The number of carbonyl (C=O) groups excluding carboxylic acids is 1.